The molecule has 360 valence electrons. The van der Waals surface area contributed by atoms with Crippen LogP contribution in [0.15, 0.2) is 85.5 Å². The average molecular weight is 943 g/mol. The molecule has 4 heterocycles. The molecule has 4 aromatic heterocycles. The molecule has 0 bridgehead atoms. The molecule has 2 aliphatic carbocycles. The molecule has 0 atom stereocenters. The molecule has 0 aliphatic heterocycles. The summed E-state index contributed by atoms with van der Waals surface area (Å²) in [5, 5.41) is 17.8. The zero-order valence-electron chi connectivity index (χ0n) is 39.6. The number of fused-ring (bicyclic) bond motifs is 2. The average Bonchev–Trinajstić information content (AvgIpc) is 4.03. The van der Waals surface area contributed by atoms with E-state index < -0.39 is 31.7 Å². The Labute approximate surface area is 398 Å². The number of aromatic amines is 1. The van der Waals surface area contributed by atoms with E-state index in [0.717, 1.165) is 42.9 Å². The summed E-state index contributed by atoms with van der Waals surface area (Å²) >= 11 is 0. The second-order valence-corrected chi connectivity index (χ2v) is 24.9. The number of nitrogen functional groups attached to an aromatic ring is 2. The third kappa shape index (κ3) is 13.5. The normalized spacial score (nSPS) is 14.5. The Morgan fingerprint density at radius 2 is 1.19 bits per heavy atom. The third-order valence-electron chi connectivity index (χ3n) is 12.7. The number of carbonyl (C=O) groups excluding carboxylic acids is 4. The van der Waals surface area contributed by atoms with Crippen LogP contribution in [0.2, 0.25) is 25.7 Å². The molecule has 0 spiro atoms. The maximum Gasteiger partial charge on any atom is 0.314 e. The minimum atomic E-state index is -1.23. The van der Waals surface area contributed by atoms with Gasteiger partial charge in [0.15, 0.2) is 0 Å². The number of hydrogen-bond donors (Lipinski definition) is 5. The zero-order chi connectivity index (χ0) is 48.0. The fourth-order valence-corrected chi connectivity index (χ4v) is 9.69. The number of hydrogen-bond acceptors (Lipinski definition) is 11. The highest BCUT2D eigenvalue weighted by atomic mass is 28.3. The third-order valence-corrected chi connectivity index (χ3v) is 14.4. The van der Waals surface area contributed by atoms with Crippen LogP contribution < -0.4 is 22.1 Å². The molecule has 7 N–H and O–H groups in total. The first-order valence-electron chi connectivity index (χ1n) is 23.9. The Morgan fingerprint density at radius 3 is 1.72 bits per heavy atom. The SMILES string of the molecule is C[Si](C)(C)CCOCn1ncc2c(N)ncc(NC(=O)C(=O)N(Cc3ccccc3)CC3CCCCC3)c21.Nc1ncc(NC(=O)C(=O)N(Cc2ccccc2)CC2CCCCC2)c2[nH]ncc12. The fourth-order valence-electron chi connectivity index (χ4n) is 8.94. The van der Waals surface area contributed by atoms with Crippen LogP contribution in [-0.2, 0) is 43.7 Å². The van der Waals surface area contributed by atoms with E-state index in [9.17, 15) is 19.2 Å². The van der Waals surface area contributed by atoms with Crippen molar-refractivity contribution in [3.8, 4) is 0 Å². The number of nitrogens with one attached hydrogen (secondary N) is 3. The maximum atomic E-state index is 13.5. The van der Waals surface area contributed by atoms with Crippen molar-refractivity contribution in [1.82, 2.24) is 39.7 Å². The van der Waals surface area contributed by atoms with Crippen LogP contribution in [0.1, 0.15) is 75.3 Å². The van der Waals surface area contributed by atoms with Gasteiger partial charge in [-0.05, 0) is 54.7 Å². The van der Waals surface area contributed by atoms with Crippen molar-refractivity contribution in [3.05, 3.63) is 96.6 Å². The van der Waals surface area contributed by atoms with Gasteiger partial charge < -0.3 is 36.6 Å². The minimum absolute atomic E-state index is 0.218. The van der Waals surface area contributed by atoms with Crippen molar-refractivity contribution < 1.29 is 23.9 Å². The minimum Gasteiger partial charge on any atom is -0.383 e. The Balaban J connectivity index is 0.000000207. The van der Waals surface area contributed by atoms with Gasteiger partial charge in [-0.25, -0.2) is 14.6 Å². The molecule has 6 aromatic rings. The molecule has 18 heteroatoms. The topological polar surface area (TPSA) is 232 Å². The Kier molecular flexibility index (Phi) is 16.9. The van der Waals surface area contributed by atoms with Crippen LogP contribution in [0.3, 0.4) is 0 Å². The van der Waals surface area contributed by atoms with Crippen molar-refractivity contribution in [2.75, 3.05) is 41.8 Å². The Bertz CT molecular complexity index is 2620. The summed E-state index contributed by atoms with van der Waals surface area (Å²) in [6.45, 7) is 9.69. The first-order chi connectivity index (χ1) is 32.8. The van der Waals surface area contributed by atoms with Crippen LogP contribution in [-0.4, -0.2) is 91.1 Å². The van der Waals surface area contributed by atoms with Crippen molar-refractivity contribution in [3.63, 3.8) is 0 Å². The molecule has 68 heavy (non-hydrogen) atoms. The highest BCUT2D eigenvalue weighted by Crippen LogP contribution is 2.29. The summed E-state index contributed by atoms with van der Waals surface area (Å²) in [5.41, 5.74) is 15.8. The number of nitrogens with zero attached hydrogens (tertiary/aromatic N) is 7. The summed E-state index contributed by atoms with van der Waals surface area (Å²) in [6.07, 6.45) is 17.6. The molecule has 0 radical (unpaired) electrons. The van der Waals surface area contributed by atoms with E-state index in [0.29, 0.717) is 89.4 Å². The lowest BCUT2D eigenvalue weighted by atomic mass is 9.89. The summed E-state index contributed by atoms with van der Waals surface area (Å²) in [5.74, 6) is -1.04. The molecule has 0 unspecified atom stereocenters. The van der Waals surface area contributed by atoms with E-state index >= 15 is 0 Å². The van der Waals surface area contributed by atoms with Crippen molar-refractivity contribution in [2.45, 2.75) is 110 Å². The lowest BCUT2D eigenvalue weighted by molar-refractivity contribution is -0.144. The summed E-state index contributed by atoms with van der Waals surface area (Å²) in [4.78, 5) is 64.4. The maximum absolute atomic E-state index is 13.5. The van der Waals surface area contributed by atoms with Gasteiger partial charge in [0.1, 0.15) is 18.4 Å². The number of amides is 4. The van der Waals surface area contributed by atoms with Gasteiger partial charge in [-0.3, -0.25) is 24.3 Å². The molecular weight excluding hydrogens is 877 g/mol. The quantitative estimate of drug-likeness (QED) is 0.0376. The van der Waals surface area contributed by atoms with Crippen molar-refractivity contribution >= 4 is 76.5 Å². The van der Waals surface area contributed by atoms with Crippen LogP contribution in [0.5, 0.6) is 0 Å². The number of benzene rings is 2. The van der Waals surface area contributed by atoms with Crippen molar-refractivity contribution in [2.24, 2.45) is 11.8 Å². The van der Waals surface area contributed by atoms with E-state index in [1.165, 1.54) is 50.9 Å². The van der Waals surface area contributed by atoms with Crippen LogP contribution in [0.25, 0.3) is 21.8 Å². The van der Waals surface area contributed by atoms with Gasteiger partial charge in [0, 0.05) is 40.9 Å². The van der Waals surface area contributed by atoms with E-state index in [-0.39, 0.29) is 6.73 Å². The molecule has 2 aromatic carbocycles. The first kappa shape index (κ1) is 49.2. The lowest BCUT2D eigenvalue weighted by Gasteiger charge is -2.29. The van der Waals surface area contributed by atoms with Gasteiger partial charge in [-0.2, -0.15) is 10.2 Å². The van der Waals surface area contributed by atoms with Crippen molar-refractivity contribution in [1.29, 1.82) is 0 Å². The smallest absolute Gasteiger partial charge is 0.314 e. The zero-order valence-corrected chi connectivity index (χ0v) is 40.6. The molecular formula is C50H66N12O5Si. The number of carbonyl (C=O) groups is 4. The number of aromatic nitrogens is 6. The second-order valence-electron chi connectivity index (χ2n) is 19.3. The van der Waals surface area contributed by atoms with E-state index in [4.69, 9.17) is 16.2 Å². The van der Waals surface area contributed by atoms with Crippen LogP contribution in [0, 0.1) is 11.8 Å². The first-order valence-corrected chi connectivity index (χ1v) is 27.6. The fraction of sp³-hybridized carbons (Fsp3) is 0.440. The monoisotopic (exact) mass is 943 g/mol. The predicted octanol–water partition coefficient (Wildman–Crippen LogP) is 7.96. The standard InChI is InChI=1S/C28H40N6O3Si.C22H26N6O2/c1-38(2,3)15-14-37-20-34-25-23(16-31-34)26(29)30-17-24(25)32-27(35)28(36)33(18-21-10-6-4-7-11-21)19-22-12-8-5-9-13-22;23-20-17-11-25-27-19(17)18(12-24-20)26-21(29)22(30)28(13-15-7-3-1-4-8-15)14-16-9-5-2-6-10-16/h4,6-7,10-11,16-17,22H,5,8-9,12-15,18-20H2,1-3H3,(H2,29,30)(H,32,35);1,3-4,7-8,11-12,16H,2,5-6,9-10,13-14H2,(H2,23,24)(H,25,27)(H,26,29). The number of pyridine rings is 2. The highest BCUT2D eigenvalue weighted by molar-refractivity contribution is 6.76. The highest BCUT2D eigenvalue weighted by Gasteiger charge is 2.29. The summed E-state index contributed by atoms with van der Waals surface area (Å²) in [6, 6.07) is 20.6. The second kappa shape index (κ2) is 23.4. The van der Waals surface area contributed by atoms with Gasteiger partial charge in [0.2, 0.25) is 0 Å². The largest absolute Gasteiger partial charge is 0.383 e. The van der Waals surface area contributed by atoms with Gasteiger partial charge >= 0.3 is 23.6 Å². The van der Waals surface area contributed by atoms with E-state index in [1.54, 1.807) is 26.9 Å². The predicted molar refractivity (Wildman–Crippen MR) is 268 cm³/mol. The molecule has 2 aliphatic rings. The van der Waals surface area contributed by atoms with Gasteiger partial charge in [-0.1, -0.05) is 119 Å². The van der Waals surface area contributed by atoms with Gasteiger partial charge in [0.05, 0.1) is 58.0 Å². The Hall–Kier alpha value is -6.66. The van der Waals surface area contributed by atoms with Gasteiger partial charge in [0.25, 0.3) is 0 Å². The molecule has 4 amide bonds. The molecule has 17 nitrogen and oxygen atoms in total. The van der Waals surface area contributed by atoms with E-state index in [1.807, 2.05) is 60.7 Å². The number of anilines is 4. The van der Waals surface area contributed by atoms with Crippen LogP contribution in [0.4, 0.5) is 23.0 Å². The number of rotatable bonds is 15. The molecule has 2 fully saturated rings. The Morgan fingerprint density at radius 1 is 0.691 bits per heavy atom. The number of H-pyrrole nitrogens is 1. The lowest BCUT2D eigenvalue weighted by Crippen LogP contribution is -2.42. The van der Waals surface area contributed by atoms with Crippen LogP contribution >= 0.6 is 0 Å². The van der Waals surface area contributed by atoms with E-state index in [2.05, 4.69) is 55.5 Å². The molecule has 2 saturated carbocycles. The van der Waals surface area contributed by atoms with Gasteiger partial charge in [-0.15, -0.1) is 0 Å². The summed E-state index contributed by atoms with van der Waals surface area (Å²) < 4.78 is 7.54. The molecule has 0 saturated heterocycles. The molecule has 8 rings (SSSR count). The number of nitrogens with two attached hydrogens (primary N) is 2. The summed E-state index contributed by atoms with van der Waals surface area (Å²) in [7, 11) is -1.23. The number of ether oxygens (including phenoxy) is 1.